The summed E-state index contributed by atoms with van der Waals surface area (Å²) >= 11 is 7.42. The quantitative estimate of drug-likeness (QED) is 0.455. The van der Waals surface area contributed by atoms with E-state index in [0.29, 0.717) is 5.56 Å². The Bertz CT molecular complexity index is 911. The van der Waals surface area contributed by atoms with Gasteiger partial charge in [-0.05, 0) is 36.6 Å². The maximum Gasteiger partial charge on any atom is 0.340 e. The standard InChI is InChI=1S/C16H14ClNO5S2/c1-24-11-4-2-10(3-5-11)15(19)9-23-16(20)13-8-12(25(18,21)22)6-7-14(13)17/h2-8H,9H2,1H3,(H2,18,21,22). The summed E-state index contributed by atoms with van der Waals surface area (Å²) in [6.45, 7) is -0.493. The number of nitrogens with two attached hydrogens (primary N) is 1. The summed E-state index contributed by atoms with van der Waals surface area (Å²) in [4.78, 5) is 24.9. The molecule has 0 atom stereocenters. The lowest BCUT2D eigenvalue weighted by atomic mass is 10.1. The van der Waals surface area contributed by atoms with Gasteiger partial charge in [-0.2, -0.15) is 0 Å². The van der Waals surface area contributed by atoms with E-state index in [-0.39, 0.29) is 21.3 Å². The van der Waals surface area contributed by atoms with Gasteiger partial charge in [-0.15, -0.1) is 11.8 Å². The molecule has 2 aromatic carbocycles. The van der Waals surface area contributed by atoms with Crippen LogP contribution in [0.3, 0.4) is 0 Å². The SMILES string of the molecule is CSc1ccc(C(=O)COC(=O)c2cc(S(N)(=O)=O)ccc2Cl)cc1. The van der Waals surface area contributed by atoms with Gasteiger partial charge in [-0.3, -0.25) is 4.79 Å². The molecule has 0 aliphatic heterocycles. The lowest BCUT2D eigenvalue weighted by Gasteiger charge is -2.08. The van der Waals surface area contributed by atoms with Crippen molar-refractivity contribution >= 4 is 45.1 Å². The van der Waals surface area contributed by atoms with Gasteiger partial charge in [0.15, 0.2) is 12.4 Å². The smallest absolute Gasteiger partial charge is 0.340 e. The molecule has 132 valence electrons. The Morgan fingerprint density at radius 3 is 2.36 bits per heavy atom. The number of ketones is 1. The van der Waals surface area contributed by atoms with Crippen LogP contribution in [0.1, 0.15) is 20.7 Å². The molecule has 2 rings (SSSR count). The van der Waals surface area contributed by atoms with E-state index in [4.69, 9.17) is 21.5 Å². The van der Waals surface area contributed by atoms with Crippen molar-refractivity contribution in [3.05, 3.63) is 58.6 Å². The number of benzene rings is 2. The molecule has 0 bridgehead atoms. The molecule has 0 saturated carbocycles. The van der Waals surface area contributed by atoms with E-state index < -0.39 is 22.6 Å². The number of rotatable bonds is 6. The Balaban J connectivity index is 2.10. The lowest BCUT2D eigenvalue weighted by Crippen LogP contribution is -2.16. The van der Waals surface area contributed by atoms with Crippen molar-refractivity contribution < 1.29 is 22.7 Å². The largest absolute Gasteiger partial charge is 0.454 e. The van der Waals surface area contributed by atoms with Crippen LogP contribution >= 0.6 is 23.4 Å². The highest BCUT2D eigenvalue weighted by molar-refractivity contribution is 7.98. The van der Waals surface area contributed by atoms with Crippen molar-refractivity contribution in [3.63, 3.8) is 0 Å². The van der Waals surface area contributed by atoms with Crippen LogP contribution in [0, 0.1) is 0 Å². The number of hydrogen-bond donors (Lipinski definition) is 1. The van der Waals surface area contributed by atoms with E-state index in [1.807, 2.05) is 6.26 Å². The summed E-state index contributed by atoms with van der Waals surface area (Å²) in [6, 6.07) is 10.2. The molecule has 2 aromatic rings. The van der Waals surface area contributed by atoms with Crippen molar-refractivity contribution in [3.8, 4) is 0 Å². The minimum absolute atomic E-state index is 0.00540. The van der Waals surface area contributed by atoms with Crippen LogP contribution in [0.4, 0.5) is 0 Å². The molecular formula is C16H14ClNO5S2. The van der Waals surface area contributed by atoms with Crippen LogP contribution in [-0.4, -0.2) is 33.0 Å². The second-order valence-corrected chi connectivity index (χ2v) is 7.76. The van der Waals surface area contributed by atoms with Crippen molar-refractivity contribution in [1.29, 1.82) is 0 Å². The van der Waals surface area contributed by atoms with Gasteiger partial charge in [0.05, 0.1) is 15.5 Å². The number of carbonyl (C=O) groups excluding carboxylic acids is 2. The zero-order chi connectivity index (χ0) is 18.6. The first-order chi connectivity index (χ1) is 11.7. The summed E-state index contributed by atoms with van der Waals surface area (Å²) in [6.07, 6.45) is 1.91. The second kappa shape index (κ2) is 8.01. The number of Topliss-reactive ketones (excluding diaryl/α,β-unsaturated/α-hetero) is 1. The van der Waals surface area contributed by atoms with Gasteiger partial charge in [-0.1, -0.05) is 23.7 Å². The Hall–Kier alpha value is -1.87. The molecule has 0 aromatic heterocycles. The second-order valence-electron chi connectivity index (χ2n) is 4.91. The molecule has 6 nitrogen and oxygen atoms in total. The maximum atomic E-state index is 12.1. The molecule has 0 spiro atoms. The summed E-state index contributed by atoms with van der Waals surface area (Å²) in [5.74, 6) is -1.30. The van der Waals surface area contributed by atoms with Gasteiger partial charge >= 0.3 is 5.97 Å². The monoisotopic (exact) mass is 399 g/mol. The van der Waals surface area contributed by atoms with Crippen LogP contribution in [0.2, 0.25) is 5.02 Å². The van der Waals surface area contributed by atoms with E-state index >= 15 is 0 Å². The van der Waals surface area contributed by atoms with Crippen molar-refractivity contribution in [1.82, 2.24) is 0 Å². The molecule has 0 amide bonds. The van der Waals surface area contributed by atoms with E-state index in [0.717, 1.165) is 11.0 Å². The Kier molecular flexibility index (Phi) is 6.23. The Morgan fingerprint density at radius 2 is 1.80 bits per heavy atom. The molecule has 0 unspecified atom stereocenters. The van der Waals surface area contributed by atoms with E-state index in [1.165, 1.54) is 23.9 Å². The van der Waals surface area contributed by atoms with E-state index in [9.17, 15) is 18.0 Å². The Morgan fingerprint density at radius 1 is 1.16 bits per heavy atom. The summed E-state index contributed by atoms with van der Waals surface area (Å²) < 4.78 is 27.6. The van der Waals surface area contributed by atoms with Gasteiger partial charge in [0, 0.05) is 10.5 Å². The maximum absolute atomic E-state index is 12.1. The summed E-state index contributed by atoms with van der Waals surface area (Å²) in [5, 5.41) is 5.01. The first kappa shape index (κ1) is 19.5. The van der Waals surface area contributed by atoms with Crippen molar-refractivity contribution in [2.75, 3.05) is 12.9 Å². The highest BCUT2D eigenvalue weighted by atomic mass is 35.5. The first-order valence-electron chi connectivity index (χ1n) is 6.89. The van der Waals surface area contributed by atoms with Gasteiger partial charge in [0.1, 0.15) is 0 Å². The van der Waals surface area contributed by atoms with E-state index in [2.05, 4.69) is 0 Å². The molecule has 0 aliphatic carbocycles. The average Bonchev–Trinajstić information content (AvgIpc) is 2.58. The number of halogens is 1. The van der Waals surface area contributed by atoms with E-state index in [1.54, 1.807) is 24.3 Å². The third-order valence-corrected chi connectivity index (χ3v) is 5.22. The van der Waals surface area contributed by atoms with Crippen LogP contribution in [0.5, 0.6) is 0 Å². The predicted octanol–water partition coefficient (Wildman–Crippen LogP) is 2.75. The number of esters is 1. The number of sulfonamides is 1. The molecule has 25 heavy (non-hydrogen) atoms. The summed E-state index contributed by atoms with van der Waals surface area (Å²) in [7, 11) is -3.99. The number of hydrogen-bond acceptors (Lipinski definition) is 6. The normalized spacial score (nSPS) is 11.2. The topological polar surface area (TPSA) is 104 Å². The zero-order valence-electron chi connectivity index (χ0n) is 13.1. The Labute approximate surface area is 154 Å². The molecule has 0 heterocycles. The summed E-state index contributed by atoms with van der Waals surface area (Å²) in [5.41, 5.74) is 0.216. The van der Waals surface area contributed by atoms with Crippen LogP contribution in [0.15, 0.2) is 52.3 Å². The van der Waals surface area contributed by atoms with Crippen molar-refractivity contribution in [2.45, 2.75) is 9.79 Å². The third kappa shape index (κ3) is 5.05. The van der Waals surface area contributed by atoms with Gasteiger partial charge in [0.2, 0.25) is 10.0 Å². The lowest BCUT2D eigenvalue weighted by molar-refractivity contribution is 0.0474. The molecular weight excluding hydrogens is 386 g/mol. The van der Waals surface area contributed by atoms with Crippen molar-refractivity contribution in [2.24, 2.45) is 5.14 Å². The molecule has 9 heteroatoms. The van der Waals surface area contributed by atoms with Gasteiger partial charge in [-0.25, -0.2) is 18.4 Å². The zero-order valence-corrected chi connectivity index (χ0v) is 15.5. The fraction of sp³-hybridized carbons (Fsp3) is 0.125. The van der Waals surface area contributed by atoms with Crippen LogP contribution < -0.4 is 5.14 Å². The number of ether oxygens (including phenoxy) is 1. The molecule has 0 aliphatic rings. The fourth-order valence-electron chi connectivity index (χ4n) is 1.91. The van der Waals surface area contributed by atoms with Gasteiger partial charge in [0.25, 0.3) is 0 Å². The van der Waals surface area contributed by atoms with Crippen LogP contribution in [-0.2, 0) is 14.8 Å². The highest BCUT2D eigenvalue weighted by Crippen LogP contribution is 2.21. The predicted molar refractivity (Wildman–Crippen MR) is 95.7 cm³/mol. The molecule has 0 saturated heterocycles. The third-order valence-electron chi connectivity index (χ3n) is 3.23. The minimum atomic E-state index is -3.99. The van der Waals surface area contributed by atoms with Gasteiger partial charge < -0.3 is 4.74 Å². The molecule has 2 N–H and O–H groups in total. The number of carbonyl (C=O) groups is 2. The first-order valence-corrected chi connectivity index (χ1v) is 10.0. The average molecular weight is 400 g/mol. The number of primary sulfonamides is 1. The number of thioether (sulfide) groups is 1. The molecule has 0 fully saturated rings. The fourth-order valence-corrected chi connectivity index (χ4v) is 3.05. The minimum Gasteiger partial charge on any atom is -0.454 e. The highest BCUT2D eigenvalue weighted by Gasteiger charge is 2.18. The van der Waals surface area contributed by atoms with Crippen LogP contribution in [0.25, 0.3) is 0 Å². The molecule has 0 radical (unpaired) electrons.